The Labute approximate surface area is 147 Å². The molecule has 4 nitrogen and oxygen atoms in total. The highest BCUT2D eigenvalue weighted by Gasteiger charge is 2.32. The summed E-state index contributed by atoms with van der Waals surface area (Å²) in [6.45, 7) is 3.38. The fourth-order valence-corrected chi connectivity index (χ4v) is 3.54. The zero-order valence-electron chi connectivity index (χ0n) is 14.3. The van der Waals surface area contributed by atoms with Crippen molar-refractivity contribution in [2.24, 2.45) is 0 Å². The summed E-state index contributed by atoms with van der Waals surface area (Å²) in [4.78, 5) is 14.9. The molecule has 0 spiro atoms. The van der Waals surface area contributed by atoms with Gasteiger partial charge in [0, 0.05) is 11.9 Å². The first-order valence-electron chi connectivity index (χ1n) is 8.78. The second-order valence-electron chi connectivity index (χ2n) is 6.31. The maximum absolute atomic E-state index is 13.0. The average Bonchev–Trinajstić information content (AvgIpc) is 3.29. The summed E-state index contributed by atoms with van der Waals surface area (Å²) in [6.07, 6.45) is 1.98. The summed E-state index contributed by atoms with van der Waals surface area (Å²) in [6, 6.07) is 17.7. The Kier molecular flexibility index (Phi) is 4.18. The van der Waals surface area contributed by atoms with Gasteiger partial charge in [0.25, 0.3) is 5.91 Å². The van der Waals surface area contributed by atoms with E-state index in [1.54, 1.807) is 0 Å². The van der Waals surface area contributed by atoms with Gasteiger partial charge in [-0.2, -0.15) is 0 Å². The molecule has 1 atom stereocenters. The fourth-order valence-electron chi connectivity index (χ4n) is 3.54. The maximum Gasteiger partial charge on any atom is 0.290 e. The first kappa shape index (κ1) is 15.8. The lowest BCUT2D eigenvalue weighted by atomic mass is 10.0. The van der Waals surface area contributed by atoms with Crippen molar-refractivity contribution in [2.75, 3.05) is 13.2 Å². The Hall–Kier alpha value is -2.75. The van der Waals surface area contributed by atoms with Crippen molar-refractivity contribution < 1.29 is 13.9 Å². The van der Waals surface area contributed by atoms with Gasteiger partial charge in [-0.3, -0.25) is 4.79 Å². The summed E-state index contributed by atoms with van der Waals surface area (Å²) >= 11 is 0. The van der Waals surface area contributed by atoms with E-state index in [9.17, 15) is 4.79 Å². The van der Waals surface area contributed by atoms with Crippen molar-refractivity contribution in [3.8, 4) is 5.75 Å². The van der Waals surface area contributed by atoms with Gasteiger partial charge in [-0.05, 0) is 49.6 Å². The predicted octanol–water partition coefficient (Wildman–Crippen LogP) is 4.81. The van der Waals surface area contributed by atoms with E-state index in [0.717, 1.165) is 41.7 Å². The largest absolute Gasteiger partial charge is 0.494 e. The van der Waals surface area contributed by atoms with Crippen LogP contribution in [-0.4, -0.2) is 24.0 Å². The van der Waals surface area contributed by atoms with Crippen molar-refractivity contribution in [3.05, 3.63) is 65.9 Å². The Morgan fingerprint density at radius 1 is 1.20 bits per heavy atom. The normalized spacial score (nSPS) is 17.2. The number of hydrogen-bond donors (Lipinski definition) is 0. The molecule has 0 saturated carbocycles. The molecule has 0 N–H and O–H groups in total. The summed E-state index contributed by atoms with van der Waals surface area (Å²) in [5.41, 5.74) is 1.90. The Bertz CT molecular complexity index is 849. The van der Waals surface area contributed by atoms with Crippen molar-refractivity contribution in [1.82, 2.24) is 4.90 Å². The number of rotatable bonds is 4. The molecule has 4 heteroatoms. The van der Waals surface area contributed by atoms with E-state index in [1.807, 2.05) is 54.3 Å². The van der Waals surface area contributed by atoms with Crippen molar-refractivity contribution in [1.29, 1.82) is 0 Å². The number of para-hydroxylation sites is 1. The highest BCUT2D eigenvalue weighted by Crippen LogP contribution is 2.34. The van der Waals surface area contributed by atoms with Crippen LogP contribution in [0.3, 0.4) is 0 Å². The summed E-state index contributed by atoms with van der Waals surface area (Å²) in [7, 11) is 0. The SMILES string of the molecule is CCOc1ccc(C2CCCN2C(=O)c2cc3ccccc3o2)cc1. The molecule has 0 radical (unpaired) electrons. The first-order chi connectivity index (χ1) is 12.3. The molecule has 1 saturated heterocycles. The lowest BCUT2D eigenvalue weighted by molar-refractivity contribution is 0.0705. The Morgan fingerprint density at radius 3 is 2.76 bits per heavy atom. The molecule has 4 rings (SSSR count). The van der Waals surface area contributed by atoms with Crippen LogP contribution in [0.25, 0.3) is 11.0 Å². The van der Waals surface area contributed by atoms with Crippen LogP contribution in [0.5, 0.6) is 5.75 Å². The smallest absolute Gasteiger partial charge is 0.290 e. The van der Waals surface area contributed by atoms with Gasteiger partial charge in [-0.25, -0.2) is 0 Å². The third kappa shape index (κ3) is 3.00. The van der Waals surface area contributed by atoms with Crippen LogP contribution in [0.4, 0.5) is 0 Å². The van der Waals surface area contributed by atoms with Crippen LogP contribution in [0.1, 0.15) is 41.9 Å². The molecule has 1 aromatic heterocycles. The molecule has 3 aromatic rings. The number of fused-ring (bicyclic) bond motifs is 1. The molecular weight excluding hydrogens is 314 g/mol. The monoisotopic (exact) mass is 335 g/mol. The number of likely N-dealkylation sites (tertiary alicyclic amines) is 1. The van der Waals surface area contributed by atoms with Crippen molar-refractivity contribution in [3.63, 3.8) is 0 Å². The molecule has 1 aliphatic rings. The number of carbonyl (C=O) groups is 1. The highest BCUT2D eigenvalue weighted by molar-refractivity contribution is 5.96. The van der Waals surface area contributed by atoms with Gasteiger partial charge in [-0.15, -0.1) is 0 Å². The fraction of sp³-hybridized carbons (Fsp3) is 0.286. The van der Waals surface area contributed by atoms with E-state index in [4.69, 9.17) is 9.15 Å². The molecule has 1 unspecified atom stereocenters. The number of ether oxygens (including phenoxy) is 1. The molecule has 0 aliphatic carbocycles. The molecule has 1 amide bonds. The van der Waals surface area contributed by atoms with E-state index >= 15 is 0 Å². The molecule has 25 heavy (non-hydrogen) atoms. The van der Waals surface area contributed by atoms with E-state index in [-0.39, 0.29) is 11.9 Å². The van der Waals surface area contributed by atoms with Crippen LogP contribution in [-0.2, 0) is 0 Å². The predicted molar refractivity (Wildman–Crippen MR) is 96.8 cm³/mol. The van der Waals surface area contributed by atoms with E-state index < -0.39 is 0 Å². The van der Waals surface area contributed by atoms with Crippen molar-refractivity contribution >= 4 is 16.9 Å². The Morgan fingerprint density at radius 2 is 2.00 bits per heavy atom. The molecule has 1 aliphatic heterocycles. The standard InChI is InChI=1S/C21H21NO3/c1-2-24-17-11-9-15(10-12-17)18-7-5-13-22(18)21(23)20-14-16-6-3-4-8-19(16)25-20/h3-4,6,8-12,14,18H,2,5,7,13H2,1H3. The average molecular weight is 335 g/mol. The minimum absolute atomic E-state index is 0.0346. The number of amides is 1. The molecular formula is C21H21NO3. The van der Waals surface area contributed by atoms with Gasteiger partial charge in [-0.1, -0.05) is 30.3 Å². The minimum atomic E-state index is -0.0346. The van der Waals surface area contributed by atoms with Crippen LogP contribution in [0.15, 0.2) is 59.0 Å². The Balaban J connectivity index is 1.58. The third-order valence-corrected chi connectivity index (χ3v) is 4.73. The van der Waals surface area contributed by atoms with E-state index in [2.05, 4.69) is 12.1 Å². The van der Waals surface area contributed by atoms with E-state index in [1.165, 1.54) is 0 Å². The van der Waals surface area contributed by atoms with Gasteiger partial charge in [0.2, 0.25) is 0 Å². The van der Waals surface area contributed by atoms with Crippen LogP contribution in [0, 0.1) is 0 Å². The zero-order valence-corrected chi connectivity index (χ0v) is 14.3. The van der Waals surface area contributed by atoms with Crippen molar-refractivity contribution in [2.45, 2.75) is 25.8 Å². The van der Waals surface area contributed by atoms with Gasteiger partial charge < -0.3 is 14.1 Å². The van der Waals surface area contributed by atoms with Gasteiger partial charge in [0.05, 0.1) is 12.6 Å². The van der Waals surface area contributed by atoms with Crippen LogP contribution >= 0.6 is 0 Å². The molecule has 2 heterocycles. The second kappa shape index (κ2) is 6.63. The number of benzene rings is 2. The molecule has 1 fully saturated rings. The molecule has 0 bridgehead atoms. The minimum Gasteiger partial charge on any atom is -0.494 e. The summed E-state index contributed by atoms with van der Waals surface area (Å²) < 4.78 is 11.3. The molecule has 2 aromatic carbocycles. The zero-order chi connectivity index (χ0) is 17.2. The third-order valence-electron chi connectivity index (χ3n) is 4.73. The molecule has 128 valence electrons. The maximum atomic E-state index is 13.0. The van der Waals surface area contributed by atoms with Gasteiger partial charge in [0.1, 0.15) is 11.3 Å². The first-order valence-corrected chi connectivity index (χ1v) is 8.78. The lowest BCUT2D eigenvalue weighted by Crippen LogP contribution is -2.30. The van der Waals surface area contributed by atoms with Crippen LogP contribution in [0.2, 0.25) is 0 Å². The number of nitrogens with zero attached hydrogens (tertiary/aromatic N) is 1. The lowest BCUT2D eigenvalue weighted by Gasteiger charge is -2.24. The van der Waals surface area contributed by atoms with E-state index in [0.29, 0.717) is 12.4 Å². The topological polar surface area (TPSA) is 42.7 Å². The number of hydrogen-bond acceptors (Lipinski definition) is 3. The number of furan rings is 1. The van der Waals surface area contributed by atoms with Gasteiger partial charge >= 0.3 is 0 Å². The quantitative estimate of drug-likeness (QED) is 0.687. The van der Waals surface area contributed by atoms with Crippen LogP contribution < -0.4 is 4.74 Å². The number of carbonyl (C=O) groups excluding carboxylic acids is 1. The highest BCUT2D eigenvalue weighted by atomic mass is 16.5. The summed E-state index contributed by atoms with van der Waals surface area (Å²) in [5.74, 6) is 1.24. The van der Waals surface area contributed by atoms with Gasteiger partial charge in [0.15, 0.2) is 5.76 Å². The second-order valence-corrected chi connectivity index (χ2v) is 6.31. The summed E-state index contributed by atoms with van der Waals surface area (Å²) in [5, 5.41) is 0.961.